The van der Waals surface area contributed by atoms with Crippen molar-refractivity contribution in [2.75, 3.05) is 39.3 Å². The molecule has 194 valence electrons. The maximum absolute atomic E-state index is 12.8. The topological polar surface area (TPSA) is 75.4 Å². The molecule has 0 bridgehead atoms. The highest BCUT2D eigenvalue weighted by molar-refractivity contribution is 6.07. The SMILES string of the molecule is Cn1ncc2c3ccccc3n(CCCC(=O)NCCCN3CCC(N4CCCCC4)CC3)c2c1=O. The molecule has 8 nitrogen and oxygen atoms in total. The van der Waals surface area contributed by atoms with Gasteiger partial charge in [0.05, 0.1) is 6.20 Å². The van der Waals surface area contributed by atoms with Gasteiger partial charge in [-0.15, -0.1) is 0 Å². The third-order valence-electron chi connectivity index (χ3n) is 8.09. The number of aryl methyl sites for hydroxylation is 2. The number of carbonyl (C=O) groups excluding carboxylic acids is 1. The van der Waals surface area contributed by atoms with E-state index in [0.717, 1.165) is 41.8 Å². The molecule has 0 saturated carbocycles. The Morgan fingerprint density at radius 1 is 1.00 bits per heavy atom. The zero-order valence-corrected chi connectivity index (χ0v) is 21.6. The van der Waals surface area contributed by atoms with Crippen molar-refractivity contribution >= 4 is 27.7 Å². The monoisotopic (exact) mass is 492 g/mol. The van der Waals surface area contributed by atoms with Gasteiger partial charge in [0, 0.05) is 48.9 Å². The van der Waals surface area contributed by atoms with Gasteiger partial charge in [-0.05, 0) is 77.3 Å². The van der Waals surface area contributed by atoms with Crippen LogP contribution in [0.1, 0.15) is 51.4 Å². The third-order valence-corrected chi connectivity index (χ3v) is 8.09. The van der Waals surface area contributed by atoms with Crippen molar-refractivity contribution in [3.8, 4) is 0 Å². The van der Waals surface area contributed by atoms with Gasteiger partial charge in [-0.3, -0.25) is 9.59 Å². The van der Waals surface area contributed by atoms with Gasteiger partial charge in [0.25, 0.3) is 5.56 Å². The van der Waals surface area contributed by atoms with E-state index in [9.17, 15) is 9.59 Å². The smallest absolute Gasteiger partial charge is 0.291 e. The first kappa shape index (κ1) is 25.0. The number of rotatable bonds is 9. The molecule has 2 aromatic heterocycles. The van der Waals surface area contributed by atoms with E-state index in [1.165, 1.54) is 63.0 Å². The minimum absolute atomic E-state index is 0.0918. The van der Waals surface area contributed by atoms with Crippen molar-refractivity contribution in [2.24, 2.45) is 7.05 Å². The Bertz CT molecular complexity index is 1230. The number of para-hydroxylation sites is 1. The number of amides is 1. The zero-order chi connectivity index (χ0) is 24.9. The van der Waals surface area contributed by atoms with E-state index in [2.05, 4.69) is 24.8 Å². The highest BCUT2D eigenvalue weighted by atomic mass is 16.1. The van der Waals surface area contributed by atoms with Gasteiger partial charge in [-0.25, -0.2) is 4.68 Å². The number of carbonyl (C=O) groups is 1. The second-order valence-electron chi connectivity index (χ2n) is 10.5. The average molecular weight is 493 g/mol. The molecule has 2 fully saturated rings. The van der Waals surface area contributed by atoms with Crippen molar-refractivity contribution in [1.82, 2.24) is 29.5 Å². The molecule has 0 unspecified atom stereocenters. The fraction of sp³-hybridized carbons (Fsp3) is 0.607. The predicted molar refractivity (Wildman–Crippen MR) is 144 cm³/mol. The maximum Gasteiger partial charge on any atom is 0.291 e. The Kier molecular flexibility index (Phi) is 8.02. The molecular weight excluding hydrogens is 452 g/mol. The summed E-state index contributed by atoms with van der Waals surface area (Å²) in [7, 11) is 1.67. The molecule has 1 amide bonds. The van der Waals surface area contributed by atoms with E-state index in [0.29, 0.717) is 24.9 Å². The molecule has 2 aliphatic rings. The minimum atomic E-state index is -0.104. The van der Waals surface area contributed by atoms with E-state index in [-0.39, 0.29) is 11.5 Å². The summed E-state index contributed by atoms with van der Waals surface area (Å²) in [5, 5.41) is 9.20. The average Bonchev–Trinajstić information content (AvgIpc) is 3.24. The number of nitrogens with zero attached hydrogens (tertiary/aromatic N) is 5. The van der Waals surface area contributed by atoms with E-state index < -0.39 is 0 Å². The van der Waals surface area contributed by atoms with Crippen LogP contribution in [0.15, 0.2) is 35.3 Å². The third kappa shape index (κ3) is 5.49. The second kappa shape index (κ2) is 11.6. The Morgan fingerprint density at radius 2 is 1.78 bits per heavy atom. The molecule has 1 aromatic carbocycles. The lowest BCUT2D eigenvalue weighted by Gasteiger charge is -2.40. The first-order chi connectivity index (χ1) is 17.6. The van der Waals surface area contributed by atoms with Crippen molar-refractivity contribution in [3.05, 3.63) is 40.8 Å². The Hall–Kier alpha value is -2.71. The lowest BCUT2D eigenvalue weighted by Crippen LogP contribution is -2.47. The van der Waals surface area contributed by atoms with Gasteiger partial charge in [-0.1, -0.05) is 24.6 Å². The molecular formula is C28H40N6O2. The largest absolute Gasteiger partial charge is 0.356 e. The molecule has 0 aliphatic carbocycles. The number of aromatic nitrogens is 3. The second-order valence-corrected chi connectivity index (χ2v) is 10.5. The van der Waals surface area contributed by atoms with Crippen LogP contribution in [0.5, 0.6) is 0 Å². The molecule has 0 atom stereocenters. The van der Waals surface area contributed by atoms with Crippen LogP contribution in [0, 0.1) is 0 Å². The number of fused-ring (bicyclic) bond motifs is 3. The summed E-state index contributed by atoms with van der Waals surface area (Å²) >= 11 is 0. The van der Waals surface area contributed by atoms with Crippen molar-refractivity contribution in [2.45, 2.75) is 64.0 Å². The van der Waals surface area contributed by atoms with E-state index in [4.69, 9.17) is 0 Å². The molecule has 2 saturated heterocycles. The lowest BCUT2D eigenvalue weighted by molar-refractivity contribution is -0.121. The van der Waals surface area contributed by atoms with Crippen LogP contribution < -0.4 is 10.9 Å². The summed E-state index contributed by atoms with van der Waals surface area (Å²) < 4.78 is 3.43. The molecule has 5 rings (SSSR count). The zero-order valence-electron chi connectivity index (χ0n) is 21.6. The van der Waals surface area contributed by atoms with E-state index in [1.54, 1.807) is 13.2 Å². The predicted octanol–water partition coefficient (Wildman–Crippen LogP) is 3.13. The van der Waals surface area contributed by atoms with Gasteiger partial charge in [-0.2, -0.15) is 5.10 Å². The van der Waals surface area contributed by atoms with Crippen LogP contribution in [-0.2, 0) is 18.4 Å². The van der Waals surface area contributed by atoms with Gasteiger partial charge in [0.1, 0.15) is 5.52 Å². The summed E-state index contributed by atoms with van der Waals surface area (Å²) in [5.41, 5.74) is 1.58. The van der Waals surface area contributed by atoms with Gasteiger partial charge < -0.3 is 19.7 Å². The summed E-state index contributed by atoms with van der Waals surface area (Å²) in [5.74, 6) is 0.0918. The number of benzene rings is 1. The Morgan fingerprint density at radius 3 is 2.58 bits per heavy atom. The Balaban J connectivity index is 1.05. The number of nitrogens with one attached hydrogen (secondary N) is 1. The van der Waals surface area contributed by atoms with Crippen LogP contribution in [-0.4, -0.2) is 75.4 Å². The van der Waals surface area contributed by atoms with Gasteiger partial charge >= 0.3 is 0 Å². The van der Waals surface area contributed by atoms with Crippen LogP contribution in [0.4, 0.5) is 0 Å². The summed E-state index contributed by atoms with van der Waals surface area (Å²) in [6, 6.07) is 8.81. The standard InChI is InChI=1S/C28H40N6O2/c1-31-28(36)27-24(21-30-31)23-9-3-4-10-25(23)34(27)18-7-11-26(35)29-14-8-15-32-19-12-22(13-20-32)33-16-5-2-6-17-33/h3-4,9-10,21-22H,2,5-8,11-20H2,1H3,(H,29,35). The molecule has 3 aromatic rings. The van der Waals surface area contributed by atoms with Crippen molar-refractivity contribution < 1.29 is 4.79 Å². The maximum atomic E-state index is 12.8. The molecule has 0 radical (unpaired) electrons. The number of piperidine rings is 2. The van der Waals surface area contributed by atoms with Crippen LogP contribution in [0.3, 0.4) is 0 Å². The van der Waals surface area contributed by atoms with Gasteiger partial charge in [0.15, 0.2) is 0 Å². The Labute approximate surface area is 213 Å². The van der Waals surface area contributed by atoms with Crippen molar-refractivity contribution in [3.63, 3.8) is 0 Å². The van der Waals surface area contributed by atoms with Crippen LogP contribution in [0.25, 0.3) is 21.8 Å². The highest BCUT2D eigenvalue weighted by Crippen LogP contribution is 2.26. The molecule has 4 heterocycles. The molecule has 2 aliphatic heterocycles. The summed E-state index contributed by atoms with van der Waals surface area (Å²) in [6.07, 6.45) is 10.6. The van der Waals surface area contributed by atoms with Crippen LogP contribution >= 0.6 is 0 Å². The number of hydrogen-bond acceptors (Lipinski definition) is 5. The fourth-order valence-corrected chi connectivity index (χ4v) is 6.08. The van der Waals surface area contributed by atoms with Crippen molar-refractivity contribution in [1.29, 1.82) is 0 Å². The number of likely N-dealkylation sites (tertiary alicyclic amines) is 2. The quantitative estimate of drug-likeness (QED) is 0.465. The fourth-order valence-electron chi connectivity index (χ4n) is 6.08. The lowest BCUT2D eigenvalue weighted by atomic mass is 10.00. The van der Waals surface area contributed by atoms with E-state index in [1.807, 2.05) is 24.3 Å². The highest BCUT2D eigenvalue weighted by Gasteiger charge is 2.25. The first-order valence-corrected chi connectivity index (χ1v) is 13.8. The summed E-state index contributed by atoms with van der Waals surface area (Å²) in [6.45, 7) is 7.37. The van der Waals surface area contributed by atoms with Gasteiger partial charge in [0.2, 0.25) is 5.91 Å². The van der Waals surface area contributed by atoms with Crippen LogP contribution in [0.2, 0.25) is 0 Å². The minimum Gasteiger partial charge on any atom is -0.356 e. The number of hydrogen-bond donors (Lipinski definition) is 1. The molecule has 8 heteroatoms. The first-order valence-electron chi connectivity index (χ1n) is 13.8. The summed E-state index contributed by atoms with van der Waals surface area (Å²) in [4.78, 5) is 30.6. The molecule has 0 spiro atoms. The normalized spacial score (nSPS) is 18.2. The molecule has 1 N–H and O–H groups in total. The van der Waals surface area contributed by atoms with E-state index >= 15 is 0 Å². The molecule has 36 heavy (non-hydrogen) atoms.